The lowest BCUT2D eigenvalue weighted by atomic mass is 10.1. The number of nitrogens with two attached hydrogens (primary N) is 2. The molecule has 21 nitrogen and oxygen atoms in total. The van der Waals surface area contributed by atoms with Crippen LogP contribution in [0.15, 0.2) is 12.7 Å². The Kier molecular flexibility index (Phi) is 8.04. The maximum absolute atomic E-state index is 10.7. The van der Waals surface area contributed by atoms with E-state index in [0.29, 0.717) is 0 Å². The molecule has 2 saturated heterocycles. The van der Waals surface area contributed by atoms with Crippen LogP contribution in [0.4, 0.5) is 23.5 Å². The predicted molar refractivity (Wildman–Crippen MR) is 148 cm³/mol. The number of ether oxygens (including phenoxy) is 2. The van der Waals surface area contributed by atoms with E-state index >= 15 is 0 Å². The molecule has 4 aromatic rings. The fourth-order valence-corrected chi connectivity index (χ4v) is 5.21. The SMILES string of the molecule is Nc1nc(NCC(O)CNc2nc(N)nc3c2ncn3[C@H]2O[C@@H](CO)[C@H](O)[C@@H]2O)c2ncn([C@@H]3O[C@H](CO)[C@@H](O)[C@H]3O)c2n1. The topological polar surface area (TPSA) is 323 Å². The first-order chi connectivity index (χ1) is 21.1. The molecule has 0 amide bonds. The Morgan fingerprint density at radius 1 is 0.705 bits per heavy atom. The molecule has 0 saturated carbocycles. The van der Waals surface area contributed by atoms with E-state index in [9.17, 15) is 35.7 Å². The summed E-state index contributed by atoms with van der Waals surface area (Å²) >= 11 is 0. The van der Waals surface area contributed by atoms with Gasteiger partial charge in [-0.3, -0.25) is 9.13 Å². The zero-order valence-electron chi connectivity index (χ0n) is 22.9. The lowest BCUT2D eigenvalue weighted by molar-refractivity contribution is -0.0511. The summed E-state index contributed by atoms with van der Waals surface area (Å²) in [5.74, 6) is 0.0976. The molecule has 21 heteroatoms. The lowest BCUT2D eigenvalue weighted by Gasteiger charge is -2.17. The smallest absolute Gasteiger partial charge is 0.224 e. The largest absolute Gasteiger partial charge is 0.394 e. The van der Waals surface area contributed by atoms with Gasteiger partial charge in [-0.05, 0) is 0 Å². The second kappa shape index (κ2) is 11.8. The van der Waals surface area contributed by atoms with E-state index in [2.05, 4.69) is 40.5 Å². The summed E-state index contributed by atoms with van der Waals surface area (Å²) in [6.45, 7) is -1.08. The highest BCUT2D eigenvalue weighted by Crippen LogP contribution is 2.34. The Hall–Kier alpha value is -4.06. The van der Waals surface area contributed by atoms with Crippen molar-refractivity contribution in [1.29, 1.82) is 0 Å². The first kappa shape index (κ1) is 30.0. The molecule has 44 heavy (non-hydrogen) atoms. The van der Waals surface area contributed by atoms with Crippen LogP contribution in [0.1, 0.15) is 12.5 Å². The van der Waals surface area contributed by atoms with E-state index in [4.69, 9.17) is 20.9 Å². The number of aliphatic hydroxyl groups excluding tert-OH is 7. The number of hydrogen-bond donors (Lipinski definition) is 11. The summed E-state index contributed by atoms with van der Waals surface area (Å²) in [5, 5.41) is 76.5. The van der Waals surface area contributed by atoms with Crippen molar-refractivity contribution in [3.63, 3.8) is 0 Å². The van der Waals surface area contributed by atoms with Gasteiger partial charge in [-0.15, -0.1) is 0 Å². The lowest BCUT2D eigenvalue weighted by Crippen LogP contribution is -2.33. The number of nitrogen functional groups attached to an aromatic ring is 2. The van der Waals surface area contributed by atoms with Gasteiger partial charge in [0, 0.05) is 13.1 Å². The Balaban J connectivity index is 1.15. The second-order valence-corrected chi connectivity index (χ2v) is 10.4. The molecular formula is C23H32N12O9. The third-order valence-electron chi connectivity index (χ3n) is 7.47. The molecule has 1 unspecified atom stereocenters. The molecule has 2 aliphatic heterocycles. The number of hydrogen-bond acceptors (Lipinski definition) is 19. The summed E-state index contributed by atoms with van der Waals surface area (Å²) < 4.78 is 13.9. The molecule has 238 valence electrons. The van der Waals surface area contributed by atoms with Crippen molar-refractivity contribution in [3.8, 4) is 0 Å². The minimum Gasteiger partial charge on any atom is -0.394 e. The highest BCUT2D eigenvalue weighted by molar-refractivity contribution is 5.85. The van der Waals surface area contributed by atoms with E-state index in [-0.39, 0.29) is 58.9 Å². The summed E-state index contributed by atoms with van der Waals surface area (Å²) in [5.41, 5.74) is 12.7. The highest BCUT2D eigenvalue weighted by atomic mass is 16.6. The monoisotopic (exact) mass is 620 g/mol. The molecule has 13 N–H and O–H groups in total. The number of aliphatic hydroxyl groups is 7. The maximum atomic E-state index is 10.7. The number of anilines is 4. The van der Waals surface area contributed by atoms with E-state index in [1.165, 1.54) is 21.8 Å². The van der Waals surface area contributed by atoms with Crippen LogP contribution in [-0.4, -0.2) is 144 Å². The maximum Gasteiger partial charge on any atom is 0.224 e. The zero-order valence-corrected chi connectivity index (χ0v) is 22.9. The molecular weight excluding hydrogens is 588 g/mol. The number of fused-ring (bicyclic) bond motifs is 2. The first-order valence-electron chi connectivity index (χ1n) is 13.5. The highest BCUT2D eigenvalue weighted by Gasteiger charge is 2.45. The average Bonchev–Trinajstić information content (AvgIpc) is 3.75. The van der Waals surface area contributed by atoms with Crippen molar-refractivity contribution in [1.82, 2.24) is 39.0 Å². The van der Waals surface area contributed by atoms with Crippen molar-refractivity contribution in [2.24, 2.45) is 0 Å². The van der Waals surface area contributed by atoms with Crippen LogP contribution in [0.5, 0.6) is 0 Å². The second-order valence-electron chi connectivity index (χ2n) is 10.4. The van der Waals surface area contributed by atoms with Gasteiger partial charge in [0.2, 0.25) is 11.9 Å². The summed E-state index contributed by atoms with van der Waals surface area (Å²) in [4.78, 5) is 25.2. The summed E-state index contributed by atoms with van der Waals surface area (Å²) in [7, 11) is 0. The zero-order chi connectivity index (χ0) is 31.3. The minimum absolute atomic E-state index is 0.0417. The Bertz CT molecular complexity index is 1520. The number of rotatable bonds is 10. The Morgan fingerprint density at radius 3 is 1.48 bits per heavy atom. The minimum atomic E-state index is -1.36. The van der Waals surface area contributed by atoms with Gasteiger partial charge in [-0.25, -0.2) is 9.97 Å². The molecule has 2 aliphatic rings. The van der Waals surface area contributed by atoms with Crippen LogP contribution in [0.3, 0.4) is 0 Å². The van der Waals surface area contributed by atoms with Crippen molar-refractivity contribution in [2.75, 3.05) is 48.4 Å². The molecule has 0 spiro atoms. The standard InChI is InChI=1S/C23H32N12O9/c24-22-30-16(10-18(32-22)34(5-28-10)20-14(41)12(39)8(3-36)43-20)26-1-7(38)2-27-17-11-19(33-23(25)31-17)35(6-29-11)21-15(42)13(40)9(4-37)44-21/h5-9,12-15,20-21,36-42H,1-4H2,(H3,24,26,30,32)(H3,25,27,31,33)/t7?,8-,9+,12-,13+,14-,15+,20-,21+. The van der Waals surface area contributed by atoms with Crippen LogP contribution >= 0.6 is 0 Å². The molecule has 0 radical (unpaired) electrons. The van der Waals surface area contributed by atoms with E-state index < -0.39 is 68.4 Å². The fraction of sp³-hybridized carbons (Fsp3) is 0.565. The van der Waals surface area contributed by atoms with Crippen molar-refractivity contribution < 1.29 is 45.2 Å². The van der Waals surface area contributed by atoms with E-state index in [0.717, 1.165) is 0 Å². The molecule has 0 aromatic carbocycles. The molecule has 9 atom stereocenters. The molecule has 4 aromatic heterocycles. The normalized spacial score (nSPS) is 29.5. The quantitative estimate of drug-likeness (QED) is 0.0792. The molecule has 6 heterocycles. The molecule has 0 aliphatic carbocycles. The van der Waals surface area contributed by atoms with Crippen molar-refractivity contribution >= 4 is 45.9 Å². The third kappa shape index (κ3) is 5.18. The number of aromatic nitrogens is 8. The van der Waals surface area contributed by atoms with Gasteiger partial charge in [0.05, 0.1) is 32.0 Å². The molecule has 6 rings (SSSR count). The van der Waals surface area contributed by atoms with Gasteiger partial charge in [0.25, 0.3) is 0 Å². The van der Waals surface area contributed by atoms with Gasteiger partial charge >= 0.3 is 0 Å². The van der Waals surface area contributed by atoms with Gasteiger partial charge < -0.3 is 67.3 Å². The van der Waals surface area contributed by atoms with Crippen LogP contribution < -0.4 is 22.1 Å². The van der Waals surface area contributed by atoms with E-state index in [1.807, 2.05) is 0 Å². The first-order valence-corrected chi connectivity index (χ1v) is 13.5. The van der Waals surface area contributed by atoms with E-state index in [1.54, 1.807) is 0 Å². The van der Waals surface area contributed by atoms with Crippen molar-refractivity contribution in [2.45, 2.75) is 55.2 Å². The number of imidazole rings is 2. The van der Waals surface area contributed by atoms with Gasteiger partial charge in [-0.2, -0.15) is 19.9 Å². The number of nitrogens with zero attached hydrogens (tertiary/aromatic N) is 8. The van der Waals surface area contributed by atoms with Crippen LogP contribution in [0.25, 0.3) is 22.3 Å². The third-order valence-corrected chi connectivity index (χ3v) is 7.47. The van der Waals surface area contributed by atoms with Gasteiger partial charge in [-0.1, -0.05) is 0 Å². The van der Waals surface area contributed by atoms with Crippen LogP contribution in [0.2, 0.25) is 0 Å². The Labute approximate surface area is 246 Å². The Morgan fingerprint density at radius 2 is 1.11 bits per heavy atom. The predicted octanol–water partition coefficient (Wildman–Crippen LogP) is -4.76. The van der Waals surface area contributed by atoms with Crippen LogP contribution in [-0.2, 0) is 9.47 Å². The van der Waals surface area contributed by atoms with Gasteiger partial charge in [0.15, 0.2) is 46.4 Å². The van der Waals surface area contributed by atoms with Gasteiger partial charge in [0.1, 0.15) is 36.6 Å². The number of nitrogens with one attached hydrogen (secondary N) is 2. The summed E-state index contributed by atoms with van der Waals surface area (Å²) in [6, 6.07) is 0. The molecule has 2 fully saturated rings. The average molecular weight is 621 g/mol. The van der Waals surface area contributed by atoms with Crippen molar-refractivity contribution in [3.05, 3.63) is 12.7 Å². The fourth-order valence-electron chi connectivity index (χ4n) is 5.21. The summed E-state index contributed by atoms with van der Waals surface area (Å²) in [6.07, 6.45) is -7.92. The molecule has 0 bridgehead atoms. The van der Waals surface area contributed by atoms with Crippen LogP contribution in [0, 0.1) is 0 Å².